The van der Waals surface area contributed by atoms with Crippen LogP contribution in [0.15, 0.2) is 83.8 Å². The number of amides is 2. The summed E-state index contributed by atoms with van der Waals surface area (Å²) in [6, 6.07) is 20.1. The topological polar surface area (TPSA) is 139 Å². The van der Waals surface area contributed by atoms with Gasteiger partial charge in [-0.25, -0.2) is 8.42 Å². The number of thioether (sulfide) groups is 1. The summed E-state index contributed by atoms with van der Waals surface area (Å²) in [7, 11) is -4.08. The van der Waals surface area contributed by atoms with Gasteiger partial charge in [0.2, 0.25) is 16.9 Å². The second-order valence-electron chi connectivity index (χ2n) is 8.46. The van der Waals surface area contributed by atoms with Crippen LogP contribution in [0.4, 0.5) is 11.4 Å². The highest BCUT2D eigenvalue weighted by atomic mass is 32.2. The van der Waals surface area contributed by atoms with Crippen molar-refractivity contribution in [2.24, 2.45) is 0 Å². The Morgan fingerprint density at radius 3 is 2.13 bits per heavy atom. The van der Waals surface area contributed by atoms with Gasteiger partial charge in [0.25, 0.3) is 10.0 Å². The largest absolute Gasteiger partial charge is 0.399 e. The standard InChI is InChI=1S/C27H30N4O5S2/c1-19-8-14-24(15-9-19)38(35,36)31(23-12-10-22(28)11-13-23)20(2)26(33)30-17-16-29-25(32)18-37-27(34)21-6-4-3-5-7-21/h3-15,20H,16-18,28H2,1-2H3,(H,29,32)(H,30,33)/t20-/m0/s1. The quantitative estimate of drug-likeness (QED) is 0.245. The van der Waals surface area contributed by atoms with Crippen LogP contribution in [0.5, 0.6) is 0 Å². The summed E-state index contributed by atoms with van der Waals surface area (Å²) in [6.45, 7) is 3.53. The van der Waals surface area contributed by atoms with Gasteiger partial charge in [0.1, 0.15) is 6.04 Å². The molecule has 0 aliphatic heterocycles. The first-order valence-electron chi connectivity index (χ1n) is 11.8. The van der Waals surface area contributed by atoms with Crippen LogP contribution < -0.4 is 20.7 Å². The average Bonchev–Trinajstić information content (AvgIpc) is 2.91. The minimum absolute atomic E-state index is 0.0504. The van der Waals surface area contributed by atoms with Gasteiger partial charge >= 0.3 is 0 Å². The van der Waals surface area contributed by atoms with Gasteiger partial charge in [-0.2, -0.15) is 0 Å². The average molecular weight is 555 g/mol. The molecule has 0 aliphatic rings. The van der Waals surface area contributed by atoms with Crippen molar-refractivity contribution in [2.75, 3.05) is 28.9 Å². The van der Waals surface area contributed by atoms with Crippen LogP contribution >= 0.6 is 11.8 Å². The van der Waals surface area contributed by atoms with E-state index in [0.717, 1.165) is 21.6 Å². The van der Waals surface area contributed by atoms with Crippen LogP contribution in [0.2, 0.25) is 0 Å². The highest BCUT2D eigenvalue weighted by molar-refractivity contribution is 8.14. The summed E-state index contributed by atoms with van der Waals surface area (Å²) in [4.78, 5) is 37.2. The molecule has 11 heteroatoms. The van der Waals surface area contributed by atoms with Crippen LogP contribution in [0.1, 0.15) is 22.8 Å². The van der Waals surface area contributed by atoms with Crippen molar-refractivity contribution in [1.29, 1.82) is 0 Å². The first-order chi connectivity index (χ1) is 18.1. The Bertz CT molecular complexity index is 1360. The number of nitrogens with two attached hydrogens (primary N) is 1. The molecule has 0 radical (unpaired) electrons. The molecule has 0 saturated carbocycles. The smallest absolute Gasteiger partial charge is 0.265 e. The third-order valence-corrected chi connectivity index (χ3v) is 8.36. The molecule has 0 bridgehead atoms. The highest BCUT2D eigenvalue weighted by Gasteiger charge is 2.33. The highest BCUT2D eigenvalue weighted by Crippen LogP contribution is 2.27. The van der Waals surface area contributed by atoms with Gasteiger partial charge in [-0.05, 0) is 50.2 Å². The number of sulfonamides is 1. The molecular formula is C27H30N4O5S2. The van der Waals surface area contributed by atoms with Crippen molar-refractivity contribution in [3.8, 4) is 0 Å². The maximum absolute atomic E-state index is 13.6. The predicted molar refractivity (Wildman–Crippen MR) is 150 cm³/mol. The normalized spacial score (nSPS) is 11.8. The fourth-order valence-electron chi connectivity index (χ4n) is 3.50. The zero-order valence-corrected chi connectivity index (χ0v) is 22.7. The zero-order chi connectivity index (χ0) is 27.7. The molecule has 0 fully saturated rings. The number of carbonyl (C=O) groups excluding carboxylic acids is 3. The van der Waals surface area contributed by atoms with Crippen LogP contribution in [0.25, 0.3) is 0 Å². The molecule has 200 valence electrons. The van der Waals surface area contributed by atoms with Crippen molar-refractivity contribution < 1.29 is 22.8 Å². The van der Waals surface area contributed by atoms with Gasteiger partial charge in [-0.1, -0.05) is 59.8 Å². The molecule has 2 amide bonds. The van der Waals surface area contributed by atoms with E-state index in [2.05, 4.69) is 10.6 Å². The number of nitrogen functional groups attached to an aromatic ring is 1. The zero-order valence-electron chi connectivity index (χ0n) is 21.1. The number of hydrogen-bond acceptors (Lipinski definition) is 7. The summed E-state index contributed by atoms with van der Waals surface area (Å²) < 4.78 is 28.2. The van der Waals surface area contributed by atoms with E-state index in [0.29, 0.717) is 11.3 Å². The lowest BCUT2D eigenvalue weighted by Gasteiger charge is -2.30. The van der Waals surface area contributed by atoms with Crippen LogP contribution in [0.3, 0.4) is 0 Å². The summed E-state index contributed by atoms with van der Waals surface area (Å²) in [5.74, 6) is -0.954. The number of benzene rings is 3. The van der Waals surface area contributed by atoms with Crippen molar-refractivity contribution in [3.63, 3.8) is 0 Å². The molecule has 0 saturated heterocycles. The number of nitrogens with zero attached hydrogens (tertiary/aromatic N) is 1. The lowest BCUT2D eigenvalue weighted by Crippen LogP contribution is -2.49. The summed E-state index contributed by atoms with van der Waals surface area (Å²) in [6.07, 6.45) is 0. The maximum Gasteiger partial charge on any atom is 0.265 e. The molecule has 0 unspecified atom stereocenters. The van der Waals surface area contributed by atoms with E-state index < -0.39 is 22.0 Å². The Hall–Kier alpha value is -3.83. The Morgan fingerprint density at radius 1 is 0.895 bits per heavy atom. The molecule has 0 heterocycles. The second kappa shape index (κ2) is 13.1. The van der Waals surface area contributed by atoms with E-state index in [4.69, 9.17) is 5.73 Å². The lowest BCUT2D eigenvalue weighted by molar-refractivity contribution is -0.122. The van der Waals surface area contributed by atoms with Gasteiger partial charge in [0.15, 0.2) is 0 Å². The van der Waals surface area contributed by atoms with Gasteiger partial charge in [-0.15, -0.1) is 0 Å². The van der Waals surface area contributed by atoms with Crippen molar-refractivity contribution >= 4 is 50.1 Å². The monoisotopic (exact) mass is 554 g/mol. The number of aryl methyl sites for hydroxylation is 1. The molecule has 0 aliphatic carbocycles. The Balaban J connectivity index is 1.59. The predicted octanol–water partition coefficient (Wildman–Crippen LogP) is 2.97. The number of carbonyl (C=O) groups is 3. The number of anilines is 2. The maximum atomic E-state index is 13.6. The van der Waals surface area contributed by atoms with Crippen molar-refractivity contribution in [2.45, 2.75) is 24.8 Å². The first-order valence-corrected chi connectivity index (χ1v) is 14.3. The molecule has 3 rings (SSSR count). The van der Waals surface area contributed by atoms with E-state index in [1.807, 2.05) is 6.92 Å². The molecule has 3 aromatic rings. The lowest BCUT2D eigenvalue weighted by atomic mass is 10.2. The van der Waals surface area contributed by atoms with Gasteiger partial charge in [0, 0.05) is 24.3 Å². The van der Waals surface area contributed by atoms with E-state index in [1.54, 1.807) is 66.7 Å². The Kier molecular flexibility index (Phi) is 9.91. The van der Waals surface area contributed by atoms with Gasteiger partial charge in [-0.3, -0.25) is 18.7 Å². The van der Waals surface area contributed by atoms with Gasteiger partial charge < -0.3 is 16.4 Å². The van der Waals surface area contributed by atoms with Crippen molar-refractivity contribution in [1.82, 2.24) is 10.6 Å². The first kappa shape index (κ1) is 28.7. The van der Waals surface area contributed by atoms with Gasteiger partial charge in [0.05, 0.1) is 16.3 Å². The molecule has 0 aromatic heterocycles. The van der Waals surface area contributed by atoms with E-state index in [9.17, 15) is 22.8 Å². The minimum atomic E-state index is -4.08. The summed E-state index contributed by atoms with van der Waals surface area (Å²) in [5, 5.41) is 5.10. The Morgan fingerprint density at radius 2 is 1.50 bits per heavy atom. The molecule has 9 nitrogen and oxygen atoms in total. The van der Waals surface area contributed by atoms with E-state index in [1.165, 1.54) is 19.1 Å². The molecule has 4 N–H and O–H groups in total. The number of nitrogens with one attached hydrogen (secondary N) is 2. The van der Waals surface area contributed by atoms with E-state index >= 15 is 0 Å². The number of hydrogen-bond donors (Lipinski definition) is 3. The molecule has 1 atom stereocenters. The fourth-order valence-corrected chi connectivity index (χ4v) is 5.78. The Labute approximate surface area is 226 Å². The SMILES string of the molecule is Cc1ccc(S(=O)(=O)N(c2ccc(N)cc2)[C@@H](C)C(=O)NCCNC(=O)CSC(=O)c2ccccc2)cc1. The van der Waals surface area contributed by atoms with E-state index in [-0.39, 0.29) is 40.4 Å². The van der Waals surface area contributed by atoms with Crippen LogP contribution in [0, 0.1) is 6.92 Å². The third-order valence-electron chi connectivity index (χ3n) is 5.55. The second-order valence-corrected chi connectivity index (χ2v) is 11.2. The molecule has 38 heavy (non-hydrogen) atoms. The fraction of sp³-hybridized carbons (Fsp3) is 0.222. The minimum Gasteiger partial charge on any atom is -0.399 e. The van der Waals surface area contributed by atoms with Crippen LogP contribution in [-0.2, 0) is 19.6 Å². The summed E-state index contributed by atoms with van der Waals surface area (Å²) in [5.41, 5.74) is 7.93. The number of rotatable bonds is 11. The van der Waals surface area contributed by atoms with Crippen molar-refractivity contribution in [3.05, 3.63) is 90.0 Å². The summed E-state index contributed by atoms with van der Waals surface area (Å²) >= 11 is 0.890. The molecule has 3 aromatic carbocycles. The molecular weight excluding hydrogens is 524 g/mol. The van der Waals surface area contributed by atoms with Crippen LogP contribution in [-0.4, -0.2) is 50.2 Å². The molecule has 0 spiro atoms. The third kappa shape index (κ3) is 7.59.